The molecule has 2 fully saturated rings. The number of hydrogen-bond donors (Lipinski definition) is 0. The quantitative estimate of drug-likeness (QED) is 0.520. The standard InChI is InChI=1S/C21H24F3N5O3/c22-21(23,24)16-1-2-18(19(13-16)29(31)32)26-8-3-15(4-9-26)20(30)27-10-5-17(6-11-27)28-12-7-25-14-28/h1-2,7,12-15,17H,3-6,8-11H2. The van der Waals surface area contributed by atoms with Crippen LogP contribution in [0.1, 0.15) is 37.3 Å². The van der Waals surface area contributed by atoms with Crippen LogP contribution >= 0.6 is 0 Å². The van der Waals surface area contributed by atoms with Gasteiger partial charge >= 0.3 is 6.18 Å². The van der Waals surface area contributed by atoms with Crippen molar-refractivity contribution in [3.63, 3.8) is 0 Å². The van der Waals surface area contributed by atoms with Gasteiger partial charge in [0.25, 0.3) is 5.69 Å². The number of anilines is 1. The van der Waals surface area contributed by atoms with Gasteiger partial charge in [0.1, 0.15) is 5.69 Å². The van der Waals surface area contributed by atoms with Gasteiger partial charge < -0.3 is 14.4 Å². The second-order valence-electron chi connectivity index (χ2n) is 8.29. The number of imidazole rings is 1. The lowest BCUT2D eigenvalue weighted by Gasteiger charge is -2.38. The van der Waals surface area contributed by atoms with Gasteiger partial charge in [-0.15, -0.1) is 0 Å². The number of nitrogens with zero attached hydrogens (tertiary/aromatic N) is 5. The average molecular weight is 451 g/mol. The van der Waals surface area contributed by atoms with Gasteiger partial charge in [0.15, 0.2) is 0 Å². The smallest absolute Gasteiger partial charge is 0.366 e. The fraction of sp³-hybridized carbons (Fsp3) is 0.524. The highest BCUT2D eigenvalue weighted by Crippen LogP contribution is 2.38. The van der Waals surface area contributed by atoms with Gasteiger partial charge in [-0.3, -0.25) is 14.9 Å². The Hall–Kier alpha value is -3.11. The lowest BCUT2D eigenvalue weighted by Crippen LogP contribution is -2.45. The average Bonchev–Trinajstić information content (AvgIpc) is 3.33. The molecule has 172 valence electrons. The Morgan fingerprint density at radius 1 is 1.09 bits per heavy atom. The van der Waals surface area contributed by atoms with Crippen molar-refractivity contribution in [3.8, 4) is 0 Å². The molecule has 0 radical (unpaired) electrons. The molecule has 0 unspecified atom stereocenters. The number of hydrogen-bond acceptors (Lipinski definition) is 5. The van der Waals surface area contributed by atoms with Crippen molar-refractivity contribution >= 4 is 17.3 Å². The maximum absolute atomic E-state index is 13.0. The molecule has 0 saturated carbocycles. The van der Waals surface area contributed by atoms with Crippen LogP contribution in [0.5, 0.6) is 0 Å². The molecule has 2 saturated heterocycles. The highest BCUT2D eigenvalue weighted by Gasteiger charge is 2.36. The number of alkyl halides is 3. The van der Waals surface area contributed by atoms with Gasteiger partial charge in [0.2, 0.25) is 5.91 Å². The Labute approximate surface area is 182 Å². The molecule has 1 amide bonds. The lowest BCUT2D eigenvalue weighted by molar-refractivity contribution is -0.384. The number of aromatic nitrogens is 2. The van der Waals surface area contributed by atoms with Crippen LogP contribution in [0.25, 0.3) is 0 Å². The molecule has 11 heteroatoms. The molecule has 0 aliphatic carbocycles. The van der Waals surface area contributed by atoms with E-state index in [0.717, 1.165) is 25.0 Å². The number of rotatable bonds is 4. The van der Waals surface area contributed by atoms with Crippen LogP contribution in [-0.4, -0.2) is 51.5 Å². The van der Waals surface area contributed by atoms with E-state index in [9.17, 15) is 28.1 Å². The van der Waals surface area contributed by atoms with E-state index in [1.165, 1.54) is 0 Å². The zero-order valence-corrected chi connectivity index (χ0v) is 17.4. The van der Waals surface area contributed by atoms with Crippen LogP contribution in [0.15, 0.2) is 36.9 Å². The summed E-state index contributed by atoms with van der Waals surface area (Å²) in [5, 5.41) is 11.4. The number of nitro groups is 1. The summed E-state index contributed by atoms with van der Waals surface area (Å²) < 4.78 is 40.9. The molecular weight excluding hydrogens is 427 g/mol. The van der Waals surface area contributed by atoms with Gasteiger partial charge in [-0.05, 0) is 37.8 Å². The van der Waals surface area contributed by atoms with Crippen molar-refractivity contribution in [2.75, 3.05) is 31.1 Å². The number of likely N-dealkylation sites (tertiary alicyclic amines) is 1. The minimum absolute atomic E-state index is 0.0932. The summed E-state index contributed by atoms with van der Waals surface area (Å²) in [6.07, 6.45) is 3.56. The van der Waals surface area contributed by atoms with Gasteiger partial charge in [-0.25, -0.2) is 4.98 Å². The van der Waals surface area contributed by atoms with Crippen molar-refractivity contribution in [2.24, 2.45) is 5.92 Å². The first-order chi connectivity index (χ1) is 15.2. The molecule has 3 heterocycles. The minimum Gasteiger partial charge on any atom is -0.366 e. The number of amides is 1. The number of halogens is 3. The molecule has 2 aliphatic heterocycles. The van der Waals surface area contributed by atoms with Crippen LogP contribution in [0.3, 0.4) is 0 Å². The Kier molecular flexibility index (Phi) is 6.07. The van der Waals surface area contributed by atoms with Crippen LogP contribution in [0.2, 0.25) is 0 Å². The topological polar surface area (TPSA) is 84.5 Å². The Balaban J connectivity index is 1.36. The van der Waals surface area contributed by atoms with E-state index in [4.69, 9.17) is 0 Å². The van der Waals surface area contributed by atoms with Crippen LogP contribution < -0.4 is 4.90 Å². The maximum Gasteiger partial charge on any atom is 0.416 e. The normalized spacial score (nSPS) is 18.7. The zero-order valence-electron chi connectivity index (χ0n) is 17.4. The number of piperidine rings is 2. The fourth-order valence-electron chi connectivity index (χ4n) is 4.61. The van der Waals surface area contributed by atoms with E-state index in [1.54, 1.807) is 17.4 Å². The maximum atomic E-state index is 13.0. The molecule has 8 nitrogen and oxygen atoms in total. The molecule has 0 spiro atoms. The predicted octanol–water partition coefficient (Wildman–Crippen LogP) is 3.89. The Bertz CT molecular complexity index is 964. The Morgan fingerprint density at radius 2 is 1.78 bits per heavy atom. The molecule has 2 aromatic rings. The third-order valence-corrected chi connectivity index (χ3v) is 6.41. The number of nitro benzene ring substituents is 1. The summed E-state index contributed by atoms with van der Waals surface area (Å²) in [5.41, 5.74) is -1.45. The summed E-state index contributed by atoms with van der Waals surface area (Å²) in [6, 6.07) is 2.94. The van der Waals surface area contributed by atoms with Crippen molar-refractivity contribution in [1.29, 1.82) is 0 Å². The Morgan fingerprint density at radius 3 is 2.34 bits per heavy atom. The molecule has 4 rings (SSSR count). The molecule has 32 heavy (non-hydrogen) atoms. The van der Waals surface area contributed by atoms with Crippen molar-refractivity contribution in [3.05, 3.63) is 52.6 Å². The van der Waals surface area contributed by atoms with Gasteiger partial charge in [0.05, 0.1) is 16.8 Å². The van der Waals surface area contributed by atoms with E-state index in [1.807, 2.05) is 11.1 Å². The summed E-state index contributed by atoms with van der Waals surface area (Å²) in [5.74, 6) is -0.0831. The second kappa shape index (κ2) is 8.79. The molecule has 0 bridgehead atoms. The highest BCUT2D eigenvalue weighted by molar-refractivity contribution is 5.79. The molecular formula is C21H24F3N5O3. The summed E-state index contributed by atoms with van der Waals surface area (Å²) >= 11 is 0. The van der Waals surface area contributed by atoms with E-state index in [2.05, 4.69) is 9.55 Å². The number of benzene rings is 1. The fourth-order valence-corrected chi connectivity index (χ4v) is 4.61. The van der Waals surface area contributed by atoms with Crippen LogP contribution in [-0.2, 0) is 11.0 Å². The van der Waals surface area contributed by atoms with E-state index in [-0.39, 0.29) is 17.5 Å². The van der Waals surface area contributed by atoms with Crippen molar-refractivity contribution in [1.82, 2.24) is 14.5 Å². The van der Waals surface area contributed by atoms with Crippen molar-refractivity contribution < 1.29 is 22.9 Å². The largest absolute Gasteiger partial charge is 0.416 e. The molecule has 0 N–H and O–H groups in total. The summed E-state index contributed by atoms with van der Waals surface area (Å²) in [6.45, 7) is 2.11. The summed E-state index contributed by atoms with van der Waals surface area (Å²) in [7, 11) is 0. The zero-order chi connectivity index (χ0) is 22.9. The third kappa shape index (κ3) is 4.56. The lowest BCUT2D eigenvalue weighted by atomic mass is 9.93. The minimum atomic E-state index is -4.64. The molecule has 0 atom stereocenters. The van der Waals surface area contributed by atoms with Gasteiger partial charge in [-0.2, -0.15) is 13.2 Å². The SMILES string of the molecule is O=C(C1CCN(c2ccc(C(F)(F)F)cc2[N+](=O)[O-])CC1)N1CCC(n2ccnc2)CC1. The molecule has 1 aromatic heterocycles. The predicted molar refractivity (Wildman–Crippen MR) is 110 cm³/mol. The van der Waals surface area contributed by atoms with E-state index < -0.39 is 22.4 Å². The molecule has 1 aromatic carbocycles. The monoisotopic (exact) mass is 451 g/mol. The van der Waals surface area contributed by atoms with Gasteiger partial charge in [0, 0.05) is 56.6 Å². The first-order valence-electron chi connectivity index (χ1n) is 10.6. The first-order valence-corrected chi connectivity index (χ1v) is 10.6. The van der Waals surface area contributed by atoms with Crippen LogP contribution in [0.4, 0.5) is 24.5 Å². The van der Waals surface area contributed by atoms with Crippen molar-refractivity contribution in [2.45, 2.75) is 37.9 Å². The molecule has 2 aliphatic rings. The second-order valence-corrected chi connectivity index (χ2v) is 8.29. The van der Waals surface area contributed by atoms with Crippen LogP contribution in [0, 0.1) is 16.0 Å². The van der Waals surface area contributed by atoms with E-state index >= 15 is 0 Å². The third-order valence-electron chi connectivity index (χ3n) is 6.41. The van der Waals surface area contributed by atoms with E-state index in [0.29, 0.717) is 51.1 Å². The highest BCUT2D eigenvalue weighted by atomic mass is 19.4. The summed E-state index contributed by atoms with van der Waals surface area (Å²) in [4.78, 5) is 31.2. The number of carbonyl (C=O) groups excluding carboxylic acids is 1. The van der Waals surface area contributed by atoms with Gasteiger partial charge in [-0.1, -0.05) is 0 Å². The number of carbonyl (C=O) groups is 1. The first kappa shape index (κ1) is 22.1.